The molecule has 15 heavy (non-hydrogen) atoms. The molecule has 5 nitrogen and oxygen atoms in total. The average Bonchev–Trinajstić information content (AvgIpc) is 2.73. The first-order valence-corrected chi connectivity index (χ1v) is 5.45. The third-order valence-electron chi connectivity index (χ3n) is 2.79. The lowest BCUT2D eigenvalue weighted by atomic mass is 10.2. The molecule has 0 bridgehead atoms. The van der Waals surface area contributed by atoms with Crippen molar-refractivity contribution in [1.82, 2.24) is 10.2 Å². The van der Waals surface area contributed by atoms with E-state index in [1.54, 1.807) is 0 Å². The van der Waals surface area contributed by atoms with Gasteiger partial charge in [-0.1, -0.05) is 6.92 Å². The van der Waals surface area contributed by atoms with E-state index in [2.05, 4.69) is 12.2 Å². The predicted molar refractivity (Wildman–Crippen MR) is 57.1 cm³/mol. The molecule has 0 aromatic rings. The molecule has 1 unspecified atom stereocenters. The first kappa shape index (κ1) is 12.0. The summed E-state index contributed by atoms with van der Waals surface area (Å²) >= 11 is 0. The Morgan fingerprint density at radius 3 is 2.87 bits per heavy atom. The van der Waals surface area contributed by atoms with E-state index in [1.165, 1.54) is 0 Å². The molecule has 0 aromatic heterocycles. The summed E-state index contributed by atoms with van der Waals surface area (Å²) in [4.78, 5) is 24.4. The van der Waals surface area contributed by atoms with Crippen molar-refractivity contribution in [3.05, 3.63) is 0 Å². The standard InChI is InChI=1S/C10H19N3O2/c1-2-8-4-3-5-13(8)10(15)7-12-9(14)6-11/h8H,2-7,11H2,1H3,(H,12,14). The van der Waals surface area contributed by atoms with E-state index in [4.69, 9.17) is 5.73 Å². The van der Waals surface area contributed by atoms with Crippen LogP contribution < -0.4 is 11.1 Å². The average molecular weight is 213 g/mol. The number of hydrogen-bond donors (Lipinski definition) is 2. The van der Waals surface area contributed by atoms with E-state index in [9.17, 15) is 9.59 Å². The molecule has 1 rings (SSSR count). The van der Waals surface area contributed by atoms with Crippen molar-refractivity contribution in [2.75, 3.05) is 19.6 Å². The lowest BCUT2D eigenvalue weighted by molar-refractivity contribution is -0.133. The van der Waals surface area contributed by atoms with Gasteiger partial charge < -0.3 is 16.0 Å². The SMILES string of the molecule is CCC1CCCN1C(=O)CNC(=O)CN. The highest BCUT2D eigenvalue weighted by Crippen LogP contribution is 2.19. The molecule has 3 N–H and O–H groups in total. The van der Waals surface area contributed by atoms with E-state index in [0.29, 0.717) is 6.04 Å². The number of nitrogens with one attached hydrogen (secondary N) is 1. The van der Waals surface area contributed by atoms with Crippen molar-refractivity contribution in [3.63, 3.8) is 0 Å². The second-order valence-corrected chi connectivity index (χ2v) is 3.77. The van der Waals surface area contributed by atoms with Gasteiger partial charge in [0.15, 0.2) is 0 Å². The Morgan fingerprint density at radius 2 is 2.27 bits per heavy atom. The van der Waals surface area contributed by atoms with Gasteiger partial charge in [0.1, 0.15) is 0 Å². The van der Waals surface area contributed by atoms with Crippen molar-refractivity contribution in [2.24, 2.45) is 5.73 Å². The van der Waals surface area contributed by atoms with Gasteiger partial charge in [-0.2, -0.15) is 0 Å². The largest absolute Gasteiger partial charge is 0.346 e. The number of likely N-dealkylation sites (tertiary alicyclic amines) is 1. The van der Waals surface area contributed by atoms with Crippen LogP contribution in [0.2, 0.25) is 0 Å². The van der Waals surface area contributed by atoms with Crippen molar-refractivity contribution < 1.29 is 9.59 Å². The van der Waals surface area contributed by atoms with Gasteiger partial charge in [-0.25, -0.2) is 0 Å². The summed E-state index contributed by atoms with van der Waals surface area (Å²) in [6, 6.07) is 0.354. The molecule has 0 spiro atoms. The molecule has 2 amide bonds. The van der Waals surface area contributed by atoms with Crippen LogP contribution in [0.3, 0.4) is 0 Å². The minimum absolute atomic E-state index is 0.00106. The Morgan fingerprint density at radius 1 is 1.53 bits per heavy atom. The Labute approximate surface area is 90.0 Å². The van der Waals surface area contributed by atoms with Gasteiger partial charge in [0.25, 0.3) is 0 Å². The summed E-state index contributed by atoms with van der Waals surface area (Å²) in [6.45, 7) is 2.90. The van der Waals surface area contributed by atoms with E-state index >= 15 is 0 Å². The van der Waals surface area contributed by atoms with Crippen LogP contribution in [0.4, 0.5) is 0 Å². The number of carbonyl (C=O) groups is 2. The Kier molecular flexibility index (Phi) is 4.55. The Hall–Kier alpha value is -1.10. The molecule has 0 aliphatic carbocycles. The van der Waals surface area contributed by atoms with Gasteiger partial charge in [0.05, 0.1) is 13.1 Å². The molecule has 1 aliphatic heterocycles. The number of rotatable bonds is 4. The minimum Gasteiger partial charge on any atom is -0.346 e. The summed E-state index contributed by atoms with van der Waals surface area (Å²) in [7, 11) is 0. The summed E-state index contributed by atoms with van der Waals surface area (Å²) in [6.07, 6.45) is 3.12. The van der Waals surface area contributed by atoms with E-state index < -0.39 is 0 Å². The van der Waals surface area contributed by atoms with Gasteiger partial charge in [0.2, 0.25) is 11.8 Å². The van der Waals surface area contributed by atoms with Crippen molar-refractivity contribution in [2.45, 2.75) is 32.2 Å². The lowest BCUT2D eigenvalue weighted by Crippen LogP contribution is -2.43. The van der Waals surface area contributed by atoms with Gasteiger partial charge in [0, 0.05) is 12.6 Å². The monoisotopic (exact) mass is 213 g/mol. The van der Waals surface area contributed by atoms with E-state index in [1.807, 2.05) is 4.90 Å². The van der Waals surface area contributed by atoms with Crippen LogP contribution in [0, 0.1) is 0 Å². The maximum atomic E-state index is 11.7. The molecule has 1 saturated heterocycles. The maximum absolute atomic E-state index is 11.7. The summed E-state index contributed by atoms with van der Waals surface area (Å²) in [5, 5.41) is 2.50. The Balaban J connectivity index is 2.36. The zero-order valence-electron chi connectivity index (χ0n) is 9.16. The first-order chi connectivity index (χ1) is 7.19. The van der Waals surface area contributed by atoms with Crippen LogP contribution in [0.25, 0.3) is 0 Å². The fraction of sp³-hybridized carbons (Fsp3) is 0.800. The number of carbonyl (C=O) groups excluding carboxylic acids is 2. The second-order valence-electron chi connectivity index (χ2n) is 3.77. The number of nitrogens with zero attached hydrogens (tertiary/aromatic N) is 1. The molecule has 1 fully saturated rings. The third-order valence-corrected chi connectivity index (χ3v) is 2.79. The van der Waals surface area contributed by atoms with Crippen LogP contribution in [0.15, 0.2) is 0 Å². The molecule has 0 radical (unpaired) electrons. The number of amides is 2. The molecule has 86 valence electrons. The summed E-state index contributed by atoms with van der Waals surface area (Å²) in [5.41, 5.74) is 5.13. The van der Waals surface area contributed by atoms with Gasteiger partial charge >= 0.3 is 0 Å². The fourth-order valence-electron chi connectivity index (χ4n) is 1.94. The molecular weight excluding hydrogens is 194 g/mol. The van der Waals surface area contributed by atoms with Crippen molar-refractivity contribution >= 4 is 11.8 Å². The zero-order valence-corrected chi connectivity index (χ0v) is 9.16. The molecule has 5 heteroatoms. The topological polar surface area (TPSA) is 75.4 Å². The molecule has 1 aliphatic rings. The van der Waals surface area contributed by atoms with Crippen LogP contribution in [0.1, 0.15) is 26.2 Å². The predicted octanol–water partition coefficient (Wildman–Crippen LogP) is -0.538. The quantitative estimate of drug-likeness (QED) is 0.658. The summed E-state index contributed by atoms with van der Waals surface area (Å²) in [5.74, 6) is -0.281. The highest BCUT2D eigenvalue weighted by molar-refractivity contribution is 5.85. The first-order valence-electron chi connectivity index (χ1n) is 5.45. The maximum Gasteiger partial charge on any atom is 0.242 e. The number of hydrogen-bond acceptors (Lipinski definition) is 3. The minimum atomic E-state index is -0.282. The van der Waals surface area contributed by atoms with Gasteiger partial charge in [-0.05, 0) is 19.3 Å². The summed E-state index contributed by atoms with van der Waals surface area (Å²) < 4.78 is 0. The smallest absolute Gasteiger partial charge is 0.242 e. The lowest BCUT2D eigenvalue weighted by Gasteiger charge is -2.23. The van der Waals surface area contributed by atoms with Crippen LogP contribution in [-0.2, 0) is 9.59 Å². The van der Waals surface area contributed by atoms with Gasteiger partial charge in [-0.3, -0.25) is 9.59 Å². The number of nitrogens with two attached hydrogens (primary N) is 1. The Bertz CT molecular complexity index is 243. The van der Waals surface area contributed by atoms with Crippen molar-refractivity contribution in [3.8, 4) is 0 Å². The van der Waals surface area contributed by atoms with Crippen LogP contribution in [0.5, 0.6) is 0 Å². The molecule has 0 saturated carbocycles. The van der Waals surface area contributed by atoms with Crippen molar-refractivity contribution in [1.29, 1.82) is 0 Å². The van der Waals surface area contributed by atoms with Crippen LogP contribution >= 0.6 is 0 Å². The fourth-order valence-corrected chi connectivity index (χ4v) is 1.94. The zero-order chi connectivity index (χ0) is 11.3. The highest BCUT2D eigenvalue weighted by atomic mass is 16.2. The van der Waals surface area contributed by atoms with Crippen LogP contribution in [-0.4, -0.2) is 42.4 Å². The van der Waals surface area contributed by atoms with Gasteiger partial charge in [-0.15, -0.1) is 0 Å². The molecule has 1 heterocycles. The molecular formula is C10H19N3O2. The van der Waals surface area contributed by atoms with E-state index in [-0.39, 0.29) is 24.9 Å². The second kappa shape index (κ2) is 5.70. The highest BCUT2D eigenvalue weighted by Gasteiger charge is 2.26. The van der Waals surface area contributed by atoms with E-state index in [0.717, 1.165) is 25.8 Å². The third kappa shape index (κ3) is 3.20. The molecule has 1 atom stereocenters. The normalized spacial score (nSPS) is 20.4. The molecule has 0 aromatic carbocycles.